The maximum absolute atomic E-state index is 12.9. The van der Waals surface area contributed by atoms with Crippen LogP contribution in [0.15, 0.2) is 23.1 Å². The lowest BCUT2D eigenvalue weighted by atomic mass is 10.1. The van der Waals surface area contributed by atoms with E-state index in [1.165, 1.54) is 44.3 Å². The lowest BCUT2D eigenvalue weighted by Crippen LogP contribution is -2.38. The predicted octanol–water partition coefficient (Wildman–Crippen LogP) is 1.27. The second kappa shape index (κ2) is 7.63. The van der Waals surface area contributed by atoms with Crippen molar-refractivity contribution in [2.45, 2.75) is 30.7 Å². The minimum absolute atomic E-state index is 0.000285. The summed E-state index contributed by atoms with van der Waals surface area (Å²) in [5, 5.41) is 9.13. The van der Waals surface area contributed by atoms with Gasteiger partial charge in [-0.25, -0.2) is 12.7 Å². The topological polar surface area (TPSA) is 104 Å². The van der Waals surface area contributed by atoms with E-state index >= 15 is 0 Å². The average Bonchev–Trinajstić information content (AvgIpc) is 3.42. The molecule has 1 amide bonds. The van der Waals surface area contributed by atoms with Crippen LogP contribution < -0.4 is 4.74 Å². The highest BCUT2D eigenvalue weighted by molar-refractivity contribution is 7.89. The highest BCUT2D eigenvalue weighted by Gasteiger charge is 2.35. The summed E-state index contributed by atoms with van der Waals surface area (Å²) in [6.45, 7) is 1.63. The largest absolute Gasteiger partial charge is 0.495 e. The first-order valence-electron chi connectivity index (χ1n) is 8.24. The van der Waals surface area contributed by atoms with Crippen molar-refractivity contribution in [2.24, 2.45) is 5.92 Å². The minimum Gasteiger partial charge on any atom is -0.495 e. The molecule has 0 aromatic heterocycles. The summed E-state index contributed by atoms with van der Waals surface area (Å²) >= 11 is 0. The van der Waals surface area contributed by atoms with Crippen molar-refractivity contribution in [3.8, 4) is 5.75 Å². The van der Waals surface area contributed by atoms with E-state index in [9.17, 15) is 18.0 Å². The third-order valence-electron chi connectivity index (χ3n) is 4.31. The van der Waals surface area contributed by atoms with Crippen molar-refractivity contribution < 1.29 is 27.9 Å². The number of hydrogen-bond acceptors (Lipinski definition) is 5. The smallest absolute Gasteiger partial charge is 0.308 e. The van der Waals surface area contributed by atoms with Gasteiger partial charge in [0.05, 0.1) is 13.0 Å². The average molecular weight is 384 g/mol. The number of carboxylic acid groups (broad SMARTS) is 1. The van der Waals surface area contributed by atoms with Gasteiger partial charge < -0.3 is 14.7 Å². The Hall–Kier alpha value is -2.13. The van der Waals surface area contributed by atoms with E-state index in [4.69, 9.17) is 9.84 Å². The van der Waals surface area contributed by atoms with E-state index in [2.05, 4.69) is 0 Å². The molecule has 1 aliphatic rings. The Morgan fingerprint density at radius 2 is 1.92 bits per heavy atom. The second-order valence-corrected chi connectivity index (χ2v) is 8.70. The Morgan fingerprint density at radius 3 is 2.38 bits per heavy atom. The van der Waals surface area contributed by atoms with Crippen molar-refractivity contribution >= 4 is 21.9 Å². The van der Waals surface area contributed by atoms with E-state index < -0.39 is 21.9 Å². The second-order valence-electron chi connectivity index (χ2n) is 6.58. The molecule has 1 saturated carbocycles. The van der Waals surface area contributed by atoms with Gasteiger partial charge in [-0.2, -0.15) is 0 Å². The third-order valence-corrected chi connectivity index (χ3v) is 6.15. The molecular weight excluding hydrogens is 360 g/mol. The molecule has 0 bridgehead atoms. The highest BCUT2D eigenvalue weighted by Crippen LogP contribution is 2.31. The van der Waals surface area contributed by atoms with Gasteiger partial charge in [-0.1, -0.05) is 6.92 Å². The molecule has 0 radical (unpaired) electrons. The van der Waals surface area contributed by atoms with Gasteiger partial charge in [0.2, 0.25) is 10.0 Å². The van der Waals surface area contributed by atoms with E-state index in [0.29, 0.717) is 0 Å². The zero-order chi connectivity index (χ0) is 19.6. The van der Waals surface area contributed by atoms with Crippen LogP contribution in [0.3, 0.4) is 0 Å². The third kappa shape index (κ3) is 4.16. The fraction of sp³-hybridized carbons (Fsp3) is 0.529. The minimum atomic E-state index is -3.80. The molecule has 8 nitrogen and oxygen atoms in total. The van der Waals surface area contributed by atoms with Gasteiger partial charge in [0.15, 0.2) is 0 Å². The number of hydrogen-bond donors (Lipinski definition) is 1. The van der Waals surface area contributed by atoms with Crippen LogP contribution in [0.1, 0.15) is 30.1 Å². The molecule has 1 aromatic rings. The number of nitrogens with zero attached hydrogens (tertiary/aromatic N) is 2. The zero-order valence-electron chi connectivity index (χ0n) is 15.3. The maximum Gasteiger partial charge on any atom is 0.308 e. The summed E-state index contributed by atoms with van der Waals surface area (Å²) in [7, 11) is 0.353. The number of carbonyl (C=O) groups excluding carboxylic acids is 1. The molecule has 26 heavy (non-hydrogen) atoms. The van der Waals surface area contributed by atoms with Gasteiger partial charge in [-0.05, 0) is 31.0 Å². The van der Waals surface area contributed by atoms with Crippen molar-refractivity contribution in [3.05, 3.63) is 23.8 Å². The zero-order valence-corrected chi connectivity index (χ0v) is 16.1. The first-order chi connectivity index (χ1) is 12.1. The molecule has 1 aliphatic carbocycles. The summed E-state index contributed by atoms with van der Waals surface area (Å²) in [6, 6.07) is 4.23. The molecule has 9 heteroatoms. The van der Waals surface area contributed by atoms with Gasteiger partial charge in [0.25, 0.3) is 5.91 Å². The summed E-state index contributed by atoms with van der Waals surface area (Å²) in [4.78, 5) is 25.5. The summed E-state index contributed by atoms with van der Waals surface area (Å²) < 4.78 is 31.2. The number of sulfonamides is 1. The van der Waals surface area contributed by atoms with Crippen LogP contribution >= 0.6 is 0 Å². The number of ether oxygens (including phenoxy) is 1. The number of carbonyl (C=O) groups is 2. The van der Waals surface area contributed by atoms with Crippen LogP contribution in [-0.2, 0) is 14.8 Å². The summed E-state index contributed by atoms with van der Waals surface area (Å²) in [6.07, 6.45) is 1.63. The maximum atomic E-state index is 12.9. The number of aliphatic carboxylic acids is 1. The van der Waals surface area contributed by atoms with E-state index in [1.807, 2.05) is 0 Å². The molecule has 0 saturated heterocycles. The van der Waals surface area contributed by atoms with Gasteiger partial charge in [-0.15, -0.1) is 0 Å². The van der Waals surface area contributed by atoms with Crippen molar-refractivity contribution in [2.75, 3.05) is 27.7 Å². The molecule has 0 aliphatic heterocycles. The molecule has 1 unspecified atom stereocenters. The van der Waals surface area contributed by atoms with Crippen molar-refractivity contribution in [3.63, 3.8) is 0 Å². The number of amides is 1. The van der Waals surface area contributed by atoms with E-state index in [-0.39, 0.29) is 34.7 Å². The fourth-order valence-corrected chi connectivity index (χ4v) is 3.61. The lowest BCUT2D eigenvalue weighted by Gasteiger charge is -2.25. The van der Waals surface area contributed by atoms with Gasteiger partial charge in [0, 0.05) is 32.2 Å². The molecule has 1 N–H and O–H groups in total. The SMILES string of the molecule is COc1ccc(C(=O)N(CC(C)C(=O)O)C2CC2)cc1S(=O)(=O)N(C)C. The normalized spacial score (nSPS) is 15.6. The van der Waals surface area contributed by atoms with Crippen LogP contribution in [0.2, 0.25) is 0 Å². The van der Waals surface area contributed by atoms with Crippen LogP contribution in [0.5, 0.6) is 5.75 Å². The Balaban J connectivity index is 2.40. The number of benzene rings is 1. The highest BCUT2D eigenvalue weighted by atomic mass is 32.2. The number of methoxy groups -OCH3 is 1. The van der Waals surface area contributed by atoms with Gasteiger partial charge in [0.1, 0.15) is 10.6 Å². The van der Waals surface area contributed by atoms with Crippen molar-refractivity contribution in [1.82, 2.24) is 9.21 Å². The first-order valence-corrected chi connectivity index (χ1v) is 9.68. The summed E-state index contributed by atoms with van der Waals surface area (Å²) in [5.74, 6) is -1.91. The lowest BCUT2D eigenvalue weighted by molar-refractivity contribution is -0.141. The van der Waals surface area contributed by atoms with Crippen LogP contribution in [0, 0.1) is 5.92 Å². The molecule has 0 spiro atoms. The Morgan fingerprint density at radius 1 is 1.31 bits per heavy atom. The summed E-state index contributed by atoms with van der Waals surface area (Å²) in [5.41, 5.74) is 0.190. The standard InChI is InChI=1S/C17H24N2O6S/c1-11(17(21)22)10-19(13-6-7-13)16(20)12-5-8-14(25-4)15(9-12)26(23,24)18(2)3/h5,8-9,11,13H,6-7,10H2,1-4H3,(H,21,22). The number of carboxylic acids is 1. The Kier molecular flexibility index (Phi) is 5.92. The molecule has 2 rings (SSSR count). The van der Waals surface area contributed by atoms with E-state index in [0.717, 1.165) is 17.1 Å². The Labute approximate surface area is 153 Å². The quantitative estimate of drug-likeness (QED) is 0.724. The van der Waals surface area contributed by atoms with Crippen molar-refractivity contribution in [1.29, 1.82) is 0 Å². The van der Waals surface area contributed by atoms with Crippen LogP contribution in [-0.4, -0.2) is 68.4 Å². The molecular formula is C17H24N2O6S. The molecule has 1 aromatic carbocycles. The van der Waals surface area contributed by atoms with Gasteiger partial charge >= 0.3 is 5.97 Å². The molecule has 144 valence electrons. The van der Waals surface area contributed by atoms with E-state index in [1.54, 1.807) is 6.92 Å². The monoisotopic (exact) mass is 384 g/mol. The number of rotatable bonds is 8. The van der Waals surface area contributed by atoms with Gasteiger partial charge in [-0.3, -0.25) is 9.59 Å². The fourth-order valence-electron chi connectivity index (χ4n) is 2.53. The Bertz CT molecular complexity index is 801. The predicted molar refractivity (Wildman–Crippen MR) is 94.7 cm³/mol. The molecule has 1 fully saturated rings. The molecule has 1 atom stereocenters. The molecule has 0 heterocycles. The van der Waals surface area contributed by atoms with Crippen LogP contribution in [0.4, 0.5) is 0 Å². The van der Waals surface area contributed by atoms with Crippen LogP contribution in [0.25, 0.3) is 0 Å². The first kappa shape index (κ1) is 20.2.